The SMILES string of the molecule is CC(C)Cc1nnc(NC(=O)c2ccc(S(=O)(=O)N3CCCCC3C)cc2)s1. The molecule has 0 bridgehead atoms. The Bertz CT molecular complexity index is 923. The summed E-state index contributed by atoms with van der Waals surface area (Å²) < 4.78 is 27.3. The summed E-state index contributed by atoms with van der Waals surface area (Å²) >= 11 is 1.35. The lowest BCUT2D eigenvalue weighted by molar-refractivity contribution is 0.102. The lowest BCUT2D eigenvalue weighted by Gasteiger charge is -2.32. The number of hydrogen-bond acceptors (Lipinski definition) is 6. The molecule has 1 amide bonds. The Morgan fingerprint density at radius 3 is 2.61 bits per heavy atom. The number of piperidine rings is 1. The van der Waals surface area contributed by atoms with Gasteiger partial charge in [-0.2, -0.15) is 4.31 Å². The van der Waals surface area contributed by atoms with Crippen molar-refractivity contribution in [2.24, 2.45) is 5.92 Å². The maximum absolute atomic E-state index is 12.9. The number of hydrogen-bond donors (Lipinski definition) is 1. The molecule has 1 N–H and O–H groups in total. The van der Waals surface area contributed by atoms with Crippen molar-refractivity contribution in [3.8, 4) is 0 Å². The van der Waals surface area contributed by atoms with E-state index in [2.05, 4.69) is 29.4 Å². The molecule has 1 aliphatic heterocycles. The minimum atomic E-state index is -3.54. The lowest BCUT2D eigenvalue weighted by atomic mass is 10.1. The predicted molar refractivity (Wildman–Crippen MR) is 110 cm³/mol. The topological polar surface area (TPSA) is 92.3 Å². The summed E-state index contributed by atoms with van der Waals surface area (Å²) in [6.45, 7) is 6.68. The monoisotopic (exact) mass is 422 g/mol. The fraction of sp³-hybridized carbons (Fsp3) is 0.526. The Balaban J connectivity index is 1.69. The van der Waals surface area contributed by atoms with Crippen LogP contribution in [0.1, 0.15) is 55.4 Å². The number of nitrogens with zero attached hydrogens (tertiary/aromatic N) is 3. The number of nitrogens with one attached hydrogen (secondary N) is 1. The van der Waals surface area contributed by atoms with Crippen LogP contribution < -0.4 is 5.32 Å². The molecule has 28 heavy (non-hydrogen) atoms. The number of benzene rings is 1. The van der Waals surface area contributed by atoms with Crippen LogP contribution in [-0.2, 0) is 16.4 Å². The summed E-state index contributed by atoms with van der Waals surface area (Å²) in [6.07, 6.45) is 3.62. The minimum Gasteiger partial charge on any atom is -0.296 e. The van der Waals surface area contributed by atoms with E-state index in [0.717, 1.165) is 30.7 Å². The van der Waals surface area contributed by atoms with Crippen LogP contribution in [0.2, 0.25) is 0 Å². The zero-order valence-corrected chi connectivity index (χ0v) is 18.0. The van der Waals surface area contributed by atoms with Gasteiger partial charge in [-0.3, -0.25) is 10.1 Å². The highest BCUT2D eigenvalue weighted by Crippen LogP contribution is 2.25. The fourth-order valence-electron chi connectivity index (χ4n) is 3.25. The van der Waals surface area contributed by atoms with E-state index in [0.29, 0.717) is 23.2 Å². The maximum atomic E-state index is 12.9. The van der Waals surface area contributed by atoms with Gasteiger partial charge in [0, 0.05) is 24.6 Å². The second-order valence-electron chi connectivity index (χ2n) is 7.54. The van der Waals surface area contributed by atoms with Gasteiger partial charge < -0.3 is 0 Å². The van der Waals surface area contributed by atoms with E-state index < -0.39 is 10.0 Å². The van der Waals surface area contributed by atoms with Crippen LogP contribution in [0.4, 0.5) is 5.13 Å². The molecule has 1 saturated heterocycles. The second kappa shape index (κ2) is 8.67. The van der Waals surface area contributed by atoms with Crippen LogP contribution in [0.3, 0.4) is 0 Å². The van der Waals surface area contributed by atoms with Crippen LogP contribution in [0.5, 0.6) is 0 Å². The highest BCUT2D eigenvalue weighted by Gasteiger charge is 2.30. The molecule has 3 rings (SSSR count). The van der Waals surface area contributed by atoms with Crippen LogP contribution in [0.25, 0.3) is 0 Å². The van der Waals surface area contributed by atoms with E-state index in [-0.39, 0.29) is 16.8 Å². The molecule has 2 aromatic rings. The Morgan fingerprint density at radius 1 is 1.25 bits per heavy atom. The molecule has 1 aliphatic rings. The number of sulfonamides is 1. The number of carbonyl (C=O) groups excluding carboxylic acids is 1. The zero-order valence-electron chi connectivity index (χ0n) is 16.4. The van der Waals surface area contributed by atoms with Crippen LogP contribution >= 0.6 is 11.3 Å². The van der Waals surface area contributed by atoms with Crippen molar-refractivity contribution < 1.29 is 13.2 Å². The summed E-state index contributed by atoms with van der Waals surface area (Å²) in [5.41, 5.74) is 0.381. The molecule has 0 radical (unpaired) electrons. The van der Waals surface area contributed by atoms with Crippen LogP contribution in [0, 0.1) is 5.92 Å². The van der Waals surface area contributed by atoms with E-state index in [4.69, 9.17) is 0 Å². The molecular weight excluding hydrogens is 396 g/mol. The van der Waals surface area contributed by atoms with Gasteiger partial charge in [0.15, 0.2) is 0 Å². The van der Waals surface area contributed by atoms with E-state index in [1.807, 2.05) is 6.92 Å². The van der Waals surface area contributed by atoms with Crippen molar-refractivity contribution in [2.75, 3.05) is 11.9 Å². The van der Waals surface area contributed by atoms with Crippen molar-refractivity contribution >= 4 is 32.4 Å². The molecule has 1 atom stereocenters. The highest BCUT2D eigenvalue weighted by molar-refractivity contribution is 7.89. The molecule has 0 saturated carbocycles. The van der Waals surface area contributed by atoms with Gasteiger partial charge in [-0.05, 0) is 49.9 Å². The summed E-state index contributed by atoms with van der Waals surface area (Å²) in [6, 6.07) is 6.06. The van der Waals surface area contributed by atoms with E-state index >= 15 is 0 Å². The van der Waals surface area contributed by atoms with Crippen molar-refractivity contribution in [1.82, 2.24) is 14.5 Å². The van der Waals surface area contributed by atoms with E-state index in [9.17, 15) is 13.2 Å². The zero-order chi connectivity index (χ0) is 20.3. The lowest BCUT2D eigenvalue weighted by Crippen LogP contribution is -2.41. The van der Waals surface area contributed by atoms with Gasteiger partial charge in [0.05, 0.1) is 4.90 Å². The van der Waals surface area contributed by atoms with Gasteiger partial charge >= 0.3 is 0 Å². The summed E-state index contributed by atoms with van der Waals surface area (Å²) in [7, 11) is -3.54. The average molecular weight is 423 g/mol. The maximum Gasteiger partial charge on any atom is 0.257 e. The van der Waals surface area contributed by atoms with Crippen molar-refractivity contribution in [3.05, 3.63) is 34.8 Å². The third-order valence-corrected chi connectivity index (χ3v) is 7.62. The third kappa shape index (κ3) is 4.76. The summed E-state index contributed by atoms with van der Waals surface area (Å²) in [5, 5.41) is 12.1. The van der Waals surface area contributed by atoms with E-state index in [1.165, 1.54) is 35.6 Å². The number of carbonyl (C=O) groups is 1. The predicted octanol–water partition coefficient (Wildman–Crippen LogP) is 3.55. The first-order chi connectivity index (χ1) is 13.3. The minimum absolute atomic E-state index is 0.000775. The van der Waals surface area contributed by atoms with Crippen molar-refractivity contribution in [2.45, 2.75) is 57.4 Å². The molecule has 152 valence electrons. The Labute approximate surface area is 170 Å². The summed E-state index contributed by atoms with van der Waals surface area (Å²) in [5.74, 6) is 0.135. The first-order valence-electron chi connectivity index (χ1n) is 9.53. The molecule has 1 unspecified atom stereocenters. The quantitative estimate of drug-likeness (QED) is 0.768. The van der Waals surface area contributed by atoms with Crippen molar-refractivity contribution in [3.63, 3.8) is 0 Å². The molecule has 7 nitrogen and oxygen atoms in total. The van der Waals surface area contributed by atoms with Gasteiger partial charge in [0.1, 0.15) is 5.01 Å². The van der Waals surface area contributed by atoms with Gasteiger partial charge in [-0.15, -0.1) is 10.2 Å². The largest absolute Gasteiger partial charge is 0.296 e. The average Bonchev–Trinajstić information content (AvgIpc) is 3.08. The first kappa shape index (κ1) is 20.9. The van der Waals surface area contributed by atoms with Crippen molar-refractivity contribution in [1.29, 1.82) is 0 Å². The van der Waals surface area contributed by atoms with Gasteiger partial charge in [0.2, 0.25) is 15.2 Å². The second-order valence-corrected chi connectivity index (χ2v) is 10.5. The Morgan fingerprint density at radius 2 is 1.96 bits per heavy atom. The first-order valence-corrected chi connectivity index (χ1v) is 11.8. The third-order valence-electron chi connectivity index (χ3n) is 4.74. The number of rotatable bonds is 6. The van der Waals surface area contributed by atoms with Crippen LogP contribution in [0.15, 0.2) is 29.2 Å². The summed E-state index contributed by atoms with van der Waals surface area (Å²) in [4.78, 5) is 12.6. The Hall–Kier alpha value is -1.84. The normalized spacial score (nSPS) is 18.4. The molecule has 2 heterocycles. The molecule has 1 aromatic carbocycles. The molecule has 1 fully saturated rings. The van der Waals surface area contributed by atoms with Gasteiger partial charge in [0.25, 0.3) is 5.91 Å². The highest BCUT2D eigenvalue weighted by atomic mass is 32.2. The molecule has 0 aliphatic carbocycles. The molecular formula is C19H26N4O3S2. The number of aromatic nitrogens is 2. The standard InChI is InChI=1S/C19H26N4O3S2/c1-13(2)12-17-21-22-19(27-17)20-18(24)15-7-9-16(10-8-15)28(25,26)23-11-5-4-6-14(23)3/h7-10,13-14H,4-6,11-12H2,1-3H3,(H,20,22,24). The van der Waals surface area contributed by atoms with Crippen LogP contribution in [-0.4, -0.2) is 41.4 Å². The van der Waals surface area contributed by atoms with Gasteiger partial charge in [-0.25, -0.2) is 8.42 Å². The molecule has 1 aromatic heterocycles. The fourth-order valence-corrected chi connectivity index (χ4v) is 5.89. The Kier molecular flexibility index (Phi) is 6.47. The van der Waals surface area contributed by atoms with Gasteiger partial charge in [-0.1, -0.05) is 31.6 Å². The molecule has 9 heteroatoms. The number of anilines is 1. The van der Waals surface area contributed by atoms with E-state index in [1.54, 1.807) is 4.31 Å². The molecule has 0 spiro atoms. The number of amides is 1. The smallest absolute Gasteiger partial charge is 0.257 e.